The molecule has 0 aliphatic heterocycles. The zero-order valence-corrected chi connectivity index (χ0v) is 17.4. The molecule has 2 aromatic rings. The van der Waals surface area contributed by atoms with E-state index in [-0.39, 0.29) is 17.1 Å². The van der Waals surface area contributed by atoms with E-state index in [9.17, 15) is 9.90 Å². The van der Waals surface area contributed by atoms with E-state index in [4.69, 9.17) is 9.47 Å². The fourth-order valence-corrected chi connectivity index (χ4v) is 2.36. The van der Waals surface area contributed by atoms with Gasteiger partial charge in [0.15, 0.2) is 5.78 Å². The predicted octanol–water partition coefficient (Wildman–Crippen LogP) is 5.98. The van der Waals surface area contributed by atoms with Crippen molar-refractivity contribution in [1.82, 2.24) is 0 Å². The summed E-state index contributed by atoms with van der Waals surface area (Å²) >= 11 is 0. The molecular weight excluding hydrogens is 364 g/mol. The lowest BCUT2D eigenvalue weighted by atomic mass is 10.1. The number of aromatic hydroxyl groups is 1. The summed E-state index contributed by atoms with van der Waals surface area (Å²) in [5, 5.41) is 10.2. The van der Waals surface area contributed by atoms with Crippen molar-refractivity contribution in [3.63, 3.8) is 0 Å². The Morgan fingerprint density at radius 2 is 1.41 bits per heavy atom. The molecule has 0 fully saturated rings. The number of carbonyl (C=O) groups excluding carboxylic acids is 1. The minimum absolute atomic E-state index is 0.0997. The second-order valence-electron chi connectivity index (χ2n) is 7.13. The van der Waals surface area contributed by atoms with E-state index >= 15 is 0 Å². The highest BCUT2D eigenvalue weighted by Gasteiger charge is 2.09. The van der Waals surface area contributed by atoms with Crippen LogP contribution in [-0.2, 0) is 0 Å². The van der Waals surface area contributed by atoms with Crippen molar-refractivity contribution >= 4 is 11.9 Å². The summed E-state index contributed by atoms with van der Waals surface area (Å²) < 4.78 is 11.2. The molecule has 0 amide bonds. The van der Waals surface area contributed by atoms with Gasteiger partial charge in [-0.25, -0.2) is 0 Å². The van der Waals surface area contributed by atoms with E-state index in [0.717, 1.165) is 16.9 Å². The zero-order valence-electron chi connectivity index (χ0n) is 17.4. The first-order valence-electron chi connectivity index (χ1n) is 9.53. The van der Waals surface area contributed by atoms with Gasteiger partial charge in [-0.1, -0.05) is 29.4 Å². The van der Waals surface area contributed by atoms with Gasteiger partial charge in [-0.3, -0.25) is 4.79 Å². The van der Waals surface area contributed by atoms with Crippen LogP contribution in [0.2, 0.25) is 0 Å². The maximum Gasteiger partial charge on any atom is 0.189 e. The van der Waals surface area contributed by atoms with Crippen molar-refractivity contribution in [1.29, 1.82) is 0 Å². The Labute approximate surface area is 172 Å². The molecule has 2 rings (SSSR count). The number of phenolic OH excluding ortho intramolecular Hbond substituents is 1. The molecule has 0 spiro atoms. The van der Waals surface area contributed by atoms with Gasteiger partial charge in [0.05, 0.1) is 5.56 Å². The Morgan fingerprint density at radius 1 is 0.862 bits per heavy atom. The Bertz CT molecular complexity index is 910. The van der Waals surface area contributed by atoms with Crippen LogP contribution in [0.25, 0.3) is 6.08 Å². The standard InChI is InChI=1S/C25H28O4/c1-18(2)13-15-28-21-8-5-20(6-9-21)7-12-24(26)23-11-10-22(17-25(23)27)29-16-14-19(3)4/h5-14,17,27H,15-16H2,1-4H3/b12-7+. The van der Waals surface area contributed by atoms with Crippen LogP contribution < -0.4 is 9.47 Å². The smallest absolute Gasteiger partial charge is 0.189 e. The number of hydrogen-bond acceptors (Lipinski definition) is 4. The molecule has 0 atom stereocenters. The highest BCUT2D eigenvalue weighted by atomic mass is 16.5. The van der Waals surface area contributed by atoms with Gasteiger partial charge in [-0.05, 0) is 75.8 Å². The summed E-state index contributed by atoms with van der Waals surface area (Å²) in [6.07, 6.45) is 7.10. The van der Waals surface area contributed by atoms with E-state index < -0.39 is 0 Å². The van der Waals surface area contributed by atoms with Crippen LogP contribution >= 0.6 is 0 Å². The van der Waals surface area contributed by atoms with Crippen molar-refractivity contribution in [2.45, 2.75) is 27.7 Å². The van der Waals surface area contributed by atoms with Crippen molar-refractivity contribution in [2.75, 3.05) is 13.2 Å². The number of phenols is 1. The first-order chi connectivity index (χ1) is 13.8. The molecule has 0 saturated carbocycles. The summed E-state index contributed by atoms with van der Waals surface area (Å²) in [6.45, 7) is 8.97. The number of carbonyl (C=O) groups is 1. The summed E-state index contributed by atoms with van der Waals surface area (Å²) in [5.74, 6) is 0.913. The maximum atomic E-state index is 12.4. The number of allylic oxidation sites excluding steroid dienone is 3. The lowest BCUT2D eigenvalue weighted by Gasteiger charge is -2.06. The SMILES string of the molecule is CC(C)=CCOc1ccc(/C=C/C(=O)c2ccc(OCC=C(C)C)cc2O)cc1. The number of rotatable bonds is 9. The molecule has 0 aliphatic rings. The minimum Gasteiger partial charge on any atom is -0.507 e. The molecule has 0 radical (unpaired) electrons. The van der Waals surface area contributed by atoms with E-state index in [1.807, 2.05) is 64.1 Å². The van der Waals surface area contributed by atoms with Gasteiger partial charge >= 0.3 is 0 Å². The van der Waals surface area contributed by atoms with Crippen LogP contribution in [-0.4, -0.2) is 24.1 Å². The summed E-state index contributed by atoms with van der Waals surface area (Å²) in [4.78, 5) is 12.4. The van der Waals surface area contributed by atoms with Gasteiger partial charge in [-0.2, -0.15) is 0 Å². The molecule has 1 N–H and O–H groups in total. The Kier molecular flexibility index (Phi) is 8.28. The highest BCUT2D eigenvalue weighted by Crippen LogP contribution is 2.25. The third-order valence-corrected chi connectivity index (χ3v) is 4.03. The van der Waals surface area contributed by atoms with Gasteiger partial charge < -0.3 is 14.6 Å². The first-order valence-corrected chi connectivity index (χ1v) is 9.53. The van der Waals surface area contributed by atoms with E-state index in [1.165, 1.54) is 17.7 Å². The van der Waals surface area contributed by atoms with Gasteiger partial charge in [0, 0.05) is 6.07 Å². The monoisotopic (exact) mass is 392 g/mol. The van der Waals surface area contributed by atoms with E-state index in [0.29, 0.717) is 19.0 Å². The molecular formula is C25H28O4. The Balaban J connectivity index is 1.97. The fraction of sp³-hybridized carbons (Fsp3) is 0.240. The maximum absolute atomic E-state index is 12.4. The topological polar surface area (TPSA) is 55.8 Å². The van der Waals surface area contributed by atoms with Gasteiger partial charge in [0.1, 0.15) is 30.5 Å². The van der Waals surface area contributed by atoms with Crippen molar-refractivity contribution < 1.29 is 19.4 Å². The zero-order chi connectivity index (χ0) is 21.2. The molecule has 0 unspecified atom stereocenters. The predicted molar refractivity (Wildman–Crippen MR) is 118 cm³/mol. The van der Waals surface area contributed by atoms with Crippen LogP contribution in [0, 0.1) is 0 Å². The van der Waals surface area contributed by atoms with Crippen molar-refractivity contribution in [2.24, 2.45) is 0 Å². The van der Waals surface area contributed by atoms with Crippen LogP contribution in [0.3, 0.4) is 0 Å². The molecule has 29 heavy (non-hydrogen) atoms. The average Bonchev–Trinajstić information content (AvgIpc) is 2.66. The normalized spacial score (nSPS) is 10.5. The number of ether oxygens (including phenoxy) is 2. The van der Waals surface area contributed by atoms with Gasteiger partial charge in [0.25, 0.3) is 0 Å². The third-order valence-electron chi connectivity index (χ3n) is 4.03. The minimum atomic E-state index is -0.276. The number of benzene rings is 2. The average molecular weight is 392 g/mol. The van der Waals surface area contributed by atoms with Crippen molar-refractivity contribution in [3.8, 4) is 17.2 Å². The lowest BCUT2D eigenvalue weighted by Crippen LogP contribution is -1.98. The molecule has 0 aromatic heterocycles. The van der Waals surface area contributed by atoms with Gasteiger partial charge in [0.2, 0.25) is 0 Å². The van der Waals surface area contributed by atoms with Gasteiger partial charge in [-0.15, -0.1) is 0 Å². The summed E-state index contributed by atoms with van der Waals surface area (Å²) in [6, 6.07) is 12.2. The highest BCUT2D eigenvalue weighted by molar-refractivity contribution is 6.08. The van der Waals surface area contributed by atoms with Crippen LogP contribution in [0.5, 0.6) is 17.2 Å². The lowest BCUT2D eigenvalue weighted by molar-refractivity contribution is 0.104. The molecule has 0 saturated heterocycles. The van der Waals surface area contributed by atoms with Crippen molar-refractivity contribution in [3.05, 3.63) is 83.0 Å². The molecule has 4 nitrogen and oxygen atoms in total. The largest absolute Gasteiger partial charge is 0.507 e. The second-order valence-corrected chi connectivity index (χ2v) is 7.13. The summed E-state index contributed by atoms with van der Waals surface area (Å²) in [5.41, 5.74) is 3.46. The van der Waals surface area contributed by atoms with Crippen LogP contribution in [0.15, 0.2) is 71.8 Å². The third kappa shape index (κ3) is 7.70. The molecule has 0 aliphatic carbocycles. The molecule has 152 valence electrons. The Morgan fingerprint density at radius 3 is 1.97 bits per heavy atom. The van der Waals surface area contributed by atoms with Crippen LogP contribution in [0.1, 0.15) is 43.6 Å². The molecule has 0 bridgehead atoms. The quantitative estimate of drug-likeness (QED) is 0.324. The second kappa shape index (κ2) is 10.9. The number of hydrogen-bond donors (Lipinski definition) is 1. The Hall–Kier alpha value is -3.27. The molecule has 4 heteroatoms. The summed E-state index contributed by atoms with van der Waals surface area (Å²) in [7, 11) is 0. The van der Waals surface area contributed by atoms with E-state index in [1.54, 1.807) is 18.2 Å². The van der Waals surface area contributed by atoms with E-state index in [2.05, 4.69) is 0 Å². The first kappa shape index (κ1) is 22.0. The van der Waals surface area contributed by atoms with Crippen LogP contribution in [0.4, 0.5) is 0 Å². The molecule has 2 aromatic carbocycles. The molecule has 0 heterocycles. The number of ketones is 1. The fourth-order valence-electron chi connectivity index (χ4n) is 2.36.